The largest absolute Gasteiger partial charge is 0.454 e. The molecule has 1 aliphatic rings. The lowest BCUT2D eigenvalue weighted by Crippen LogP contribution is -2.17. The van der Waals surface area contributed by atoms with Crippen LogP contribution >= 0.6 is 23.1 Å². The molecule has 31 heavy (non-hydrogen) atoms. The van der Waals surface area contributed by atoms with Crippen molar-refractivity contribution in [2.75, 3.05) is 11.5 Å². The van der Waals surface area contributed by atoms with E-state index < -0.39 is 16.0 Å². The minimum Gasteiger partial charge on any atom is -0.454 e. The van der Waals surface area contributed by atoms with Crippen LogP contribution in [0.1, 0.15) is 15.2 Å². The van der Waals surface area contributed by atoms with Gasteiger partial charge in [-0.05, 0) is 48.2 Å². The molecule has 1 aliphatic heterocycles. The first-order valence-corrected chi connectivity index (χ1v) is 11.9. The van der Waals surface area contributed by atoms with E-state index in [1.165, 1.54) is 11.4 Å². The van der Waals surface area contributed by atoms with Gasteiger partial charge in [0.25, 0.3) is 10.0 Å². The van der Waals surface area contributed by atoms with Gasteiger partial charge in [-0.2, -0.15) is 8.75 Å². The molecule has 0 saturated heterocycles. The van der Waals surface area contributed by atoms with Gasteiger partial charge in [0.15, 0.2) is 11.5 Å². The van der Waals surface area contributed by atoms with Gasteiger partial charge in [-0.15, -0.1) is 11.3 Å². The number of hydrogen-bond donors (Lipinski definition) is 1. The summed E-state index contributed by atoms with van der Waals surface area (Å²) in [5.74, 6) is 0.506. The number of aromatic nitrogens is 2. The van der Waals surface area contributed by atoms with Crippen LogP contribution in [0.2, 0.25) is 0 Å². The zero-order valence-corrected chi connectivity index (χ0v) is 18.3. The standard InChI is InChI=1S/C19H13N3O6S3/c1-10-6-15-16(27-9-26-15)8-14(10)28-19(23)18-17(4-5-29-18)31(24,25)22-11-2-3-12-13(7-11)21-30-20-12/h2-8,22H,9H2,1H3. The molecule has 4 aromatic rings. The van der Waals surface area contributed by atoms with Crippen molar-refractivity contribution in [2.24, 2.45) is 0 Å². The molecule has 0 radical (unpaired) electrons. The van der Waals surface area contributed by atoms with E-state index >= 15 is 0 Å². The zero-order chi connectivity index (χ0) is 21.6. The van der Waals surface area contributed by atoms with E-state index in [9.17, 15) is 13.2 Å². The van der Waals surface area contributed by atoms with Gasteiger partial charge in [0.1, 0.15) is 26.6 Å². The van der Waals surface area contributed by atoms with Crippen molar-refractivity contribution >= 4 is 55.8 Å². The molecule has 1 N–H and O–H groups in total. The van der Waals surface area contributed by atoms with Gasteiger partial charge in [0.05, 0.1) is 17.4 Å². The molecule has 12 heteroatoms. The second-order valence-corrected chi connectivity index (χ2v) is 9.64. The van der Waals surface area contributed by atoms with E-state index in [1.54, 1.807) is 37.3 Å². The first kappa shape index (κ1) is 19.7. The third-order valence-electron chi connectivity index (χ3n) is 4.48. The number of nitrogens with one attached hydrogen (secondary N) is 1. The predicted octanol–water partition coefficient (Wildman–Crippen LogP) is 3.81. The SMILES string of the molecule is Cc1cc2c(cc1OC(=O)c1sccc1S(=O)(=O)Nc1ccc3nsnc3c1)OCO2. The molecule has 0 unspecified atom stereocenters. The second-order valence-electron chi connectivity index (χ2n) is 6.55. The van der Waals surface area contributed by atoms with Crippen LogP contribution in [-0.2, 0) is 10.0 Å². The highest BCUT2D eigenvalue weighted by Gasteiger charge is 2.27. The summed E-state index contributed by atoms with van der Waals surface area (Å²) in [5.41, 5.74) is 2.22. The van der Waals surface area contributed by atoms with E-state index in [0.29, 0.717) is 33.8 Å². The molecule has 0 spiro atoms. The highest BCUT2D eigenvalue weighted by Crippen LogP contribution is 2.38. The Morgan fingerprint density at radius 1 is 1.10 bits per heavy atom. The fraction of sp³-hybridized carbons (Fsp3) is 0.105. The van der Waals surface area contributed by atoms with Gasteiger partial charge in [-0.25, -0.2) is 13.2 Å². The summed E-state index contributed by atoms with van der Waals surface area (Å²) < 4.78 is 52.7. The van der Waals surface area contributed by atoms with Gasteiger partial charge in [-0.3, -0.25) is 4.72 Å². The third-order valence-corrected chi connectivity index (χ3v) is 7.49. The van der Waals surface area contributed by atoms with E-state index in [-0.39, 0.29) is 22.3 Å². The van der Waals surface area contributed by atoms with Gasteiger partial charge in [-0.1, -0.05) is 0 Å². The Hall–Kier alpha value is -3.22. The number of nitrogens with zero attached hydrogens (tertiary/aromatic N) is 2. The number of anilines is 1. The molecule has 9 nitrogen and oxygen atoms in total. The van der Waals surface area contributed by atoms with Crippen molar-refractivity contribution < 1.29 is 27.4 Å². The lowest BCUT2D eigenvalue weighted by atomic mass is 10.2. The van der Waals surface area contributed by atoms with Crippen LogP contribution in [-0.4, -0.2) is 29.9 Å². The molecule has 0 saturated carbocycles. The quantitative estimate of drug-likeness (QED) is 0.342. The first-order chi connectivity index (χ1) is 14.9. The monoisotopic (exact) mass is 475 g/mol. The lowest BCUT2D eigenvalue weighted by molar-refractivity contribution is 0.0734. The van der Waals surface area contributed by atoms with Gasteiger partial charge in [0, 0.05) is 6.07 Å². The lowest BCUT2D eigenvalue weighted by Gasteiger charge is -2.10. The molecular formula is C19H13N3O6S3. The summed E-state index contributed by atoms with van der Waals surface area (Å²) in [7, 11) is -4.04. The summed E-state index contributed by atoms with van der Waals surface area (Å²) in [6.45, 7) is 1.84. The Kier molecular flexibility index (Phi) is 4.76. The molecule has 0 bridgehead atoms. The zero-order valence-electron chi connectivity index (χ0n) is 15.8. The summed E-state index contributed by atoms with van der Waals surface area (Å²) >= 11 is 2.02. The van der Waals surface area contributed by atoms with Crippen LogP contribution in [0.15, 0.2) is 46.7 Å². The highest BCUT2D eigenvalue weighted by molar-refractivity contribution is 7.93. The van der Waals surface area contributed by atoms with Crippen molar-refractivity contribution in [3.63, 3.8) is 0 Å². The number of aryl methyl sites for hydroxylation is 1. The minimum absolute atomic E-state index is 0.0408. The number of ether oxygens (including phenoxy) is 3. The Morgan fingerprint density at radius 2 is 1.87 bits per heavy atom. The number of fused-ring (bicyclic) bond motifs is 2. The van der Waals surface area contributed by atoms with Crippen LogP contribution in [0.4, 0.5) is 5.69 Å². The molecule has 2 aromatic carbocycles. The van der Waals surface area contributed by atoms with Crippen LogP contribution in [0.5, 0.6) is 17.2 Å². The maximum absolute atomic E-state index is 13.0. The molecule has 0 aliphatic carbocycles. The molecule has 0 fully saturated rings. The molecule has 0 atom stereocenters. The first-order valence-electron chi connectivity index (χ1n) is 8.86. The number of sulfonamides is 1. The summed E-state index contributed by atoms with van der Waals surface area (Å²) in [5, 5.41) is 1.52. The molecule has 2 aromatic heterocycles. The number of rotatable bonds is 5. The average molecular weight is 476 g/mol. The van der Waals surface area contributed by atoms with E-state index in [0.717, 1.165) is 23.1 Å². The number of hydrogen-bond acceptors (Lipinski definition) is 10. The van der Waals surface area contributed by atoms with Crippen LogP contribution in [0.25, 0.3) is 11.0 Å². The van der Waals surface area contributed by atoms with E-state index in [1.807, 2.05) is 0 Å². The van der Waals surface area contributed by atoms with Crippen molar-refractivity contribution in [3.8, 4) is 17.2 Å². The van der Waals surface area contributed by atoms with Gasteiger partial charge in [0.2, 0.25) is 6.79 Å². The van der Waals surface area contributed by atoms with Crippen molar-refractivity contribution in [3.05, 3.63) is 52.2 Å². The van der Waals surface area contributed by atoms with Gasteiger partial charge < -0.3 is 14.2 Å². The fourth-order valence-corrected chi connectivity index (χ4v) is 5.86. The Balaban J connectivity index is 1.41. The molecule has 158 valence electrons. The number of carbonyl (C=O) groups is 1. The third kappa shape index (κ3) is 3.69. The van der Waals surface area contributed by atoms with Crippen molar-refractivity contribution in [1.82, 2.24) is 8.75 Å². The predicted molar refractivity (Wildman–Crippen MR) is 115 cm³/mol. The van der Waals surface area contributed by atoms with Crippen molar-refractivity contribution in [2.45, 2.75) is 11.8 Å². The topological polar surface area (TPSA) is 117 Å². The van der Waals surface area contributed by atoms with Crippen molar-refractivity contribution in [1.29, 1.82) is 0 Å². The average Bonchev–Trinajstić information content (AvgIpc) is 3.47. The number of esters is 1. The van der Waals surface area contributed by atoms with E-state index in [4.69, 9.17) is 14.2 Å². The Morgan fingerprint density at radius 3 is 2.71 bits per heavy atom. The Labute approximate surface area is 184 Å². The minimum atomic E-state index is -4.04. The summed E-state index contributed by atoms with van der Waals surface area (Å²) in [4.78, 5) is 12.6. The van der Waals surface area contributed by atoms with Crippen LogP contribution in [0, 0.1) is 6.92 Å². The normalized spacial score (nSPS) is 12.8. The fourth-order valence-electron chi connectivity index (χ4n) is 2.99. The van der Waals surface area contributed by atoms with E-state index in [2.05, 4.69) is 13.5 Å². The van der Waals surface area contributed by atoms with Crippen LogP contribution in [0.3, 0.4) is 0 Å². The molecule has 5 rings (SSSR count). The number of carbonyl (C=O) groups excluding carboxylic acids is 1. The van der Waals surface area contributed by atoms with Gasteiger partial charge >= 0.3 is 5.97 Å². The maximum Gasteiger partial charge on any atom is 0.355 e. The molecule has 3 heterocycles. The number of benzene rings is 2. The summed E-state index contributed by atoms with van der Waals surface area (Å²) in [6.07, 6.45) is 0. The van der Waals surface area contributed by atoms with Crippen LogP contribution < -0.4 is 18.9 Å². The molecule has 0 amide bonds. The number of thiophene rings is 1. The Bertz CT molecular complexity index is 1430. The highest BCUT2D eigenvalue weighted by atomic mass is 32.2. The molecular weight excluding hydrogens is 462 g/mol. The smallest absolute Gasteiger partial charge is 0.355 e. The second kappa shape index (κ2) is 7.48. The maximum atomic E-state index is 13.0. The summed E-state index contributed by atoms with van der Waals surface area (Å²) in [6, 6.07) is 9.44.